The molecule has 0 aliphatic heterocycles. The molecule has 2 nitrogen and oxygen atoms in total. The van der Waals surface area contributed by atoms with E-state index in [1.54, 1.807) is 0 Å². The summed E-state index contributed by atoms with van der Waals surface area (Å²) in [6, 6.07) is 0. The monoisotopic (exact) mass is 290 g/mol. The van der Waals surface area contributed by atoms with Crippen molar-refractivity contribution in [2.24, 2.45) is 11.3 Å². The van der Waals surface area contributed by atoms with E-state index >= 15 is 0 Å². The minimum absolute atomic E-state index is 0.0354. The maximum Gasteiger partial charge on any atom is 0.203 e. The van der Waals surface area contributed by atoms with Crippen LogP contribution in [0.25, 0.3) is 0 Å². The molecule has 1 N–H and O–H groups in total. The highest BCUT2D eigenvalue weighted by Gasteiger charge is 2.29. The van der Waals surface area contributed by atoms with E-state index in [1.807, 2.05) is 6.92 Å². The van der Waals surface area contributed by atoms with E-state index in [0.717, 1.165) is 19.3 Å². The van der Waals surface area contributed by atoms with Crippen molar-refractivity contribution in [2.75, 3.05) is 6.16 Å². The second-order valence-electron chi connectivity index (χ2n) is 7.51. The summed E-state index contributed by atoms with van der Waals surface area (Å²) in [5, 5.41) is 0. The quantitative estimate of drug-likeness (QED) is 0.437. The van der Waals surface area contributed by atoms with E-state index in [0.29, 0.717) is 12.1 Å². The van der Waals surface area contributed by atoms with Gasteiger partial charge >= 0.3 is 0 Å². The Labute approximate surface area is 120 Å². The lowest BCUT2D eigenvalue weighted by Crippen LogP contribution is -2.17. The van der Waals surface area contributed by atoms with E-state index in [-0.39, 0.29) is 11.1 Å². The SMILES string of the molecule is CCCCCCC(C)P(=O)(O)CC(C)CC(C)(C)C. The van der Waals surface area contributed by atoms with Crippen LogP contribution in [0.2, 0.25) is 0 Å². The number of rotatable bonds is 9. The summed E-state index contributed by atoms with van der Waals surface area (Å²) in [7, 11) is -2.97. The van der Waals surface area contributed by atoms with Gasteiger partial charge in [-0.3, -0.25) is 4.57 Å². The molecular weight excluding hydrogens is 255 g/mol. The van der Waals surface area contributed by atoms with Gasteiger partial charge in [0.1, 0.15) is 0 Å². The van der Waals surface area contributed by atoms with Gasteiger partial charge in [-0.15, -0.1) is 0 Å². The Balaban J connectivity index is 4.17. The number of hydrogen-bond donors (Lipinski definition) is 1. The summed E-state index contributed by atoms with van der Waals surface area (Å²) in [5.74, 6) is 0.328. The highest BCUT2D eigenvalue weighted by atomic mass is 31.2. The molecule has 0 saturated carbocycles. The Hall–Kier alpha value is 0.190. The molecule has 0 aliphatic rings. The third kappa shape index (κ3) is 9.68. The third-order valence-electron chi connectivity index (χ3n) is 3.70. The van der Waals surface area contributed by atoms with Crippen LogP contribution < -0.4 is 0 Å². The Morgan fingerprint density at radius 1 is 1.11 bits per heavy atom. The van der Waals surface area contributed by atoms with Crippen LogP contribution in [0.15, 0.2) is 0 Å². The van der Waals surface area contributed by atoms with Crippen LogP contribution >= 0.6 is 7.37 Å². The van der Waals surface area contributed by atoms with Crippen LogP contribution in [0, 0.1) is 11.3 Å². The minimum Gasteiger partial charge on any atom is -0.344 e. The van der Waals surface area contributed by atoms with Gasteiger partial charge in [-0.25, -0.2) is 0 Å². The summed E-state index contributed by atoms with van der Waals surface area (Å²) in [4.78, 5) is 10.3. The van der Waals surface area contributed by atoms with Crippen molar-refractivity contribution in [3.63, 3.8) is 0 Å². The number of unbranched alkanes of at least 4 members (excludes halogenated alkanes) is 3. The topological polar surface area (TPSA) is 37.3 Å². The molecular formula is C16H35O2P. The largest absolute Gasteiger partial charge is 0.344 e. The average Bonchev–Trinajstić information content (AvgIpc) is 2.20. The highest BCUT2D eigenvalue weighted by Crippen LogP contribution is 2.50. The molecule has 0 aromatic carbocycles. The van der Waals surface area contributed by atoms with Gasteiger partial charge in [-0.05, 0) is 24.2 Å². The predicted molar refractivity (Wildman–Crippen MR) is 86.1 cm³/mol. The van der Waals surface area contributed by atoms with Crippen LogP contribution in [0.3, 0.4) is 0 Å². The van der Waals surface area contributed by atoms with Crippen LogP contribution in [0.5, 0.6) is 0 Å². The average molecular weight is 290 g/mol. The van der Waals surface area contributed by atoms with Crippen molar-refractivity contribution in [3.8, 4) is 0 Å². The molecule has 0 aromatic rings. The molecule has 0 aromatic heterocycles. The zero-order valence-corrected chi connectivity index (χ0v) is 14.8. The second kappa shape index (κ2) is 8.47. The van der Waals surface area contributed by atoms with Crippen molar-refractivity contribution in [1.82, 2.24) is 0 Å². The molecule has 0 fully saturated rings. The Bertz CT molecular complexity index is 281. The summed E-state index contributed by atoms with van der Waals surface area (Å²) in [6.45, 7) is 12.8. The van der Waals surface area contributed by atoms with Crippen LogP contribution in [0.4, 0.5) is 0 Å². The van der Waals surface area contributed by atoms with Gasteiger partial charge in [-0.2, -0.15) is 0 Å². The van der Waals surface area contributed by atoms with Crippen molar-refractivity contribution >= 4 is 7.37 Å². The van der Waals surface area contributed by atoms with E-state index in [4.69, 9.17) is 0 Å². The first-order chi connectivity index (χ1) is 8.58. The predicted octanol–water partition coefficient (Wildman–Crippen LogP) is 5.69. The van der Waals surface area contributed by atoms with Crippen LogP contribution in [-0.4, -0.2) is 16.7 Å². The van der Waals surface area contributed by atoms with E-state index < -0.39 is 7.37 Å². The first kappa shape index (κ1) is 19.2. The van der Waals surface area contributed by atoms with Crippen LogP contribution in [-0.2, 0) is 4.57 Å². The molecule has 3 unspecified atom stereocenters. The van der Waals surface area contributed by atoms with Crippen molar-refractivity contribution in [3.05, 3.63) is 0 Å². The van der Waals surface area contributed by atoms with Gasteiger partial charge in [-0.1, -0.05) is 67.2 Å². The van der Waals surface area contributed by atoms with Gasteiger partial charge in [0.05, 0.1) is 0 Å². The normalized spacial score (nSPS) is 18.9. The van der Waals surface area contributed by atoms with Crippen molar-refractivity contribution in [2.45, 2.75) is 85.7 Å². The first-order valence-corrected chi connectivity index (χ1v) is 9.81. The van der Waals surface area contributed by atoms with Gasteiger partial charge in [0.15, 0.2) is 0 Å². The van der Waals surface area contributed by atoms with Crippen LogP contribution in [0.1, 0.15) is 80.1 Å². The summed E-state index contributed by atoms with van der Waals surface area (Å²) in [5.41, 5.74) is 0.204. The molecule has 0 saturated heterocycles. The lowest BCUT2D eigenvalue weighted by atomic mass is 9.86. The molecule has 0 aliphatic carbocycles. The maximum absolute atomic E-state index is 12.4. The molecule has 3 heteroatoms. The van der Waals surface area contributed by atoms with Gasteiger partial charge in [0.25, 0.3) is 0 Å². The Kier molecular flexibility index (Phi) is 8.56. The summed E-state index contributed by atoms with van der Waals surface area (Å²) >= 11 is 0. The van der Waals surface area contributed by atoms with E-state index in [2.05, 4.69) is 34.6 Å². The second-order valence-corrected chi connectivity index (χ2v) is 10.3. The molecule has 19 heavy (non-hydrogen) atoms. The fraction of sp³-hybridized carbons (Fsp3) is 1.00. The standard InChI is InChI=1S/C16H35O2P/c1-7-8-9-10-11-15(3)19(17,18)13-14(2)12-16(4,5)6/h14-15H,7-13H2,1-6H3,(H,17,18). The first-order valence-electron chi connectivity index (χ1n) is 7.90. The minimum atomic E-state index is -2.97. The zero-order chi connectivity index (χ0) is 15.1. The van der Waals surface area contributed by atoms with Crippen molar-refractivity contribution in [1.29, 1.82) is 0 Å². The summed E-state index contributed by atoms with van der Waals surface area (Å²) in [6.07, 6.45) is 7.14. The lowest BCUT2D eigenvalue weighted by Gasteiger charge is -2.27. The Morgan fingerprint density at radius 2 is 1.68 bits per heavy atom. The third-order valence-corrected chi connectivity index (χ3v) is 6.48. The van der Waals surface area contributed by atoms with E-state index in [9.17, 15) is 9.46 Å². The highest BCUT2D eigenvalue weighted by molar-refractivity contribution is 7.58. The van der Waals surface area contributed by atoms with Gasteiger partial charge in [0.2, 0.25) is 7.37 Å². The van der Waals surface area contributed by atoms with Gasteiger partial charge < -0.3 is 4.89 Å². The summed E-state index contributed by atoms with van der Waals surface area (Å²) < 4.78 is 12.4. The lowest BCUT2D eigenvalue weighted by molar-refractivity contribution is 0.316. The molecule has 0 amide bonds. The van der Waals surface area contributed by atoms with Gasteiger partial charge in [0, 0.05) is 11.8 Å². The molecule has 0 bridgehead atoms. The fourth-order valence-electron chi connectivity index (χ4n) is 2.80. The fourth-order valence-corrected chi connectivity index (χ4v) is 4.77. The molecule has 0 rings (SSSR count). The smallest absolute Gasteiger partial charge is 0.203 e. The molecule has 0 radical (unpaired) electrons. The van der Waals surface area contributed by atoms with Crippen molar-refractivity contribution < 1.29 is 9.46 Å². The zero-order valence-electron chi connectivity index (χ0n) is 13.9. The molecule has 0 heterocycles. The number of hydrogen-bond acceptors (Lipinski definition) is 1. The van der Waals surface area contributed by atoms with E-state index in [1.165, 1.54) is 19.3 Å². The molecule has 3 atom stereocenters. The molecule has 116 valence electrons. The molecule has 0 spiro atoms. The maximum atomic E-state index is 12.4. The Morgan fingerprint density at radius 3 is 2.16 bits per heavy atom.